The Bertz CT molecular complexity index is 274. The number of aliphatic hydroxyl groups excluding tert-OH is 2. The molecule has 0 rings (SSSR count). The Hall–Kier alpha value is -0.680. The molecule has 0 fully saturated rings. The van der Waals surface area contributed by atoms with Gasteiger partial charge in [0.2, 0.25) is 0 Å². The van der Waals surface area contributed by atoms with Crippen molar-refractivity contribution in [1.29, 1.82) is 0 Å². The number of aliphatic carboxylic acids is 1. The zero-order valence-corrected chi connectivity index (χ0v) is 14.4. The van der Waals surface area contributed by atoms with Crippen molar-refractivity contribution in [1.82, 2.24) is 0 Å². The highest BCUT2D eigenvalue weighted by Gasteiger charge is 2.15. The Kier molecular flexibility index (Phi) is 15.7. The molecular formula is C18H35FO4. The van der Waals surface area contributed by atoms with Gasteiger partial charge in [-0.05, 0) is 25.7 Å². The highest BCUT2D eigenvalue weighted by Crippen LogP contribution is 2.15. The summed E-state index contributed by atoms with van der Waals surface area (Å²) in [6.07, 6.45) is 10.3. The van der Waals surface area contributed by atoms with Gasteiger partial charge in [-0.15, -0.1) is 0 Å². The second-order valence-corrected chi connectivity index (χ2v) is 6.43. The van der Waals surface area contributed by atoms with Crippen LogP contribution in [0.3, 0.4) is 0 Å². The zero-order valence-electron chi connectivity index (χ0n) is 14.4. The summed E-state index contributed by atoms with van der Waals surface area (Å²) in [6.45, 7) is -0.232. The van der Waals surface area contributed by atoms with Crippen LogP contribution in [-0.2, 0) is 4.79 Å². The topological polar surface area (TPSA) is 77.8 Å². The maximum Gasteiger partial charge on any atom is 0.303 e. The van der Waals surface area contributed by atoms with E-state index in [1.807, 2.05) is 0 Å². The second kappa shape index (κ2) is 16.2. The number of rotatable bonds is 17. The molecule has 0 spiro atoms. The van der Waals surface area contributed by atoms with Gasteiger partial charge in [0, 0.05) is 6.42 Å². The lowest BCUT2D eigenvalue weighted by Gasteiger charge is -2.17. The predicted octanol–water partition coefficient (Wildman–Crippen LogP) is 4.22. The van der Waals surface area contributed by atoms with Crippen LogP contribution in [-0.4, -0.2) is 40.2 Å². The maximum atomic E-state index is 11.9. The van der Waals surface area contributed by atoms with E-state index < -0.39 is 18.2 Å². The lowest BCUT2D eigenvalue weighted by Crippen LogP contribution is -2.25. The fraction of sp³-hybridized carbons (Fsp3) is 0.944. The van der Waals surface area contributed by atoms with Gasteiger partial charge >= 0.3 is 5.97 Å². The van der Waals surface area contributed by atoms with Gasteiger partial charge in [-0.25, -0.2) is 0 Å². The average molecular weight is 334 g/mol. The zero-order chi connectivity index (χ0) is 17.3. The molecule has 2 atom stereocenters. The van der Waals surface area contributed by atoms with E-state index >= 15 is 0 Å². The SMILES string of the molecule is O=C(O)CCCCCCC[C@@H](O)[C@H](O)CCCCCCCCF. The minimum absolute atomic E-state index is 0.231. The molecule has 0 amide bonds. The molecule has 138 valence electrons. The molecule has 0 saturated carbocycles. The quantitative estimate of drug-likeness (QED) is 0.348. The largest absolute Gasteiger partial charge is 0.481 e. The van der Waals surface area contributed by atoms with E-state index in [1.165, 1.54) is 0 Å². The Morgan fingerprint density at radius 2 is 1.09 bits per heavy atom. The Morgan fingerprint density at radius 3 is 1.52 bits per heavy atom. The average Bonchev–Trinajstić information content (AvgIpc) is 2.52. The molecule has 0 aromatic carbocycles. The number of carbonyl (C=O) groups is 1. The van der Waals surface area contributed by atoms with Crippen LogP contribution in [0.4, 0.5) is 4.39 Å². The molecule has 4 nitrogen and oxygen atoms in total. The third-order valence-corrected chi connectivity index (χ3v) is 4.22. The first-order valence-electron chi connectivity index (χ1n) is 9.21. The first kappa shape index (κ1) is 22.3. The van der Waals surface area contributed by atoms with Gasteiger partial charge in [-0.2, -0.15) is 0 Å². The number of carboxylic acids is 1. The Morgan fingerprint density at radius 1 is 0.696 bits per heavy atom. The highest BCUT2D eigenvalue weighted by atomic mass is 19.1. The summed E-state index contributed by atoms with van der Waals surface area (Å²) in [5.74, 6) is -0.744. The van der Waals surface area contributed by atoms with Crippen LogP contribution in [0.25, 0.3) is 0 Å². The van der Waals surface area contributed by atoms with Crippen LogP contribution in [0, 0.1) is 0 Å². The van der Waals surface area contributed by atoms with Gasteiger partial charge in [0.05, 0.1) is 18.9 Å². The maximum absolute atomic E-state index is 11.9. The monoisotopic (exact) mass is 334 g/mol. The molecule has 0 aliphatic rings. The van der Waals surface area contributed by atoms with E-state index in [4.69, 9.17) is 5.11 Å². The molecule has 0 aliphatic carbocycles. The Labute approximate surface area is 140 Å². The molecule has 0 bridgehead atoms. The lowest BCUT2D eigenvalue weighted by atomic mass is 9.99. The molecule has 0 unspecified atom stereocenters. The summed E-state index contributed by atoms with van der Waals surface area (Å²) in [5, 5.41) is 28.3. The van der Waals surface area contributed by atoms with Crippen molar-refractivity contribution in [3.8, 4) is 0 Å². The molecule has 0 heterocycles. The van der Waals surface area contributed by atoms with Crippen molar-refractivity contribution < 1.29 is 24.5 Å². The number of halogens is 1. The van der Waals surface area contributed by atoms with Crippen molar-refractivity contribution in [3.63, 3.8) is 0 Å². The van der Waals surface area contributed by atoms with Gasteiger partial charge in [-0.1, -0.05) is 57.8 Å². The van der Waals surface area contributed by atoms with Crippen LogP contribution >= 0.6 is 0 Å². The third kappa shape index (κ3) is 16.0. The number of hydrogen-bond donors (Lipinski definition) is 3. The summed E-state index contributed by atoms with van der Waals surface area (Å²) in [6, 6.07) is 0. The van der Waals surface area contributed by atoms with Crippen molar-refractivity contribution >= 4 is 5.97 Å². The van der Waals surface area contributed by atoms with Gasteiger partial charge in [0.1, 0.15) is 0 Å². The molecule has 0 saturated heterocycles. The molecule has 0 aromatic rings. The molecule has 5 heteroatoms. The van der Waals surface area contributed by atoms with E-state index in [0.717, 1.165) is 57.8 Å². The molecule has 0 aromatic heterocycles. The molecule has 0 radical (unpaired) electrons. The Balaban J connectivity index is 3.37. The number of carboxylic acid groups (broad SMARTS) is 1. The number of hydrogen-bond acceptors (Lipinski definition) is 3. The summed E-state index contributed by atoms with van der Waals surface area (Å²) in [5.41, 5.74) is 0. The third-order valence-electron chi connectivity index (χ3n) is 4.22. The number of aliphatic hydroxyl groups is 2. The van der Waals surface area contributed by atoms with Gasteiger partial charge in [-0.3, -0.25) is 9.18 Å². The number of unbranched alkanes of at least 4 members (excludes halogenated alkanes) is 9. The summed E-state index contributed by atoms with van der Waals surface area (Å²) < 4.78 is 11.9. The fourth-order valence-electron chi connectivity index (χ4n) is 2.70. The van der Waals surface area contributed by atoms with E-state index in [2.05, 4.69) is 0 Å². The van der Waals surface area contributed by atoms with Crippen molar-refractivity contribution in [2.45, 2.75) is 102 Å². The minimum atomic E-state index is -0.744. The fourth-order valence-corrected chi connectivity index (χ4v) is 2.70. The van der Waals surface area contributed by atoms with Crippen molar-refractivity contribution in [2.75, 3.05) is 6.67 Å². The molecule has 0 aliphatic heterocycles. The second-order valence-electron chi connectivity index (χ2n) is 6.43. The predicted molar refractivity (Wildman–Crippen MR) is 90.3 cm³/mol. The van der Waals surface area contributed by atoms with Gasteiger partial charge in [0.15, 0.2) is 0 Å². The normalized spacial score (nSPS) is 13.9. The van der Waals surface area contributed by atoms with Crippen LogP contribution < -0.4 is 0 Å². The summed E-state index contributed by atoms with van der Waals surface area (Å²) in [4.78, 5) is 10.4. The minimum Gasteiger partial charge on any atom is -0.481 e. The van der Waals surface area contributed by atoms with E-state index in [1.54, 1.807) is 0 Å². The van der Waals surface area contributed by atoms with Crippen LogP contribution in [0.1, 0.15) is 89.9 Å². The highest BCUT2D eigenvalue weighted by molar-refractivity contribution is 5.66. The van der Waals surface area contributed by atoms with Crippen LogP contribution in [0.2, 0.25) is 0 Å². The smallest absolute Gasteiger partial charge is 0.303 e. The summed E-state index contributed by atoms with van der Waals surface area (Å²) in [7, 11) is 0. The first-order valence-corrected chi connectivity index (χ1v) is 9.21. The van der Waals surface area contributed by atoms with E-state index in [9.17, 15) is 19.4 Å². The molecule has 23 heavy (non-hydrogen) atoms. The van der Waals surface area contributed by atoms with Crippen LogP contribution in [0.5, 0.6) is 0 Å². The van der Waals surface area contributed by atoms with Crippen LogP contribution in [0.15, 0.2) is 0 Å². The van der Waals surface area contributed by atoms with Crippen molar-refractivity contribution in [3.05, 3.63) is 0 Å². The standard InChI is InChI=1S/C18H35FO4/c19-15-11-7-2-1-4-8-12-16(20)17(21)13-9-5-3-6-10-14-18(22)23/h16-17,20-21H,1-15H2,(H,22,23)/t16-,17-/m1/s1. The molecular weight excluding hydrogens is 299 g/mol. The van der Waals surface area contributed by atoms with Crippen molar-refractivity contribution in [2.24, 2.45) is 0 Å². The number of alkyl halides is 1. The first-order chi connectivity index (χ1) is 11.1. The van der Waals surface area contributed by atoms with E-state index in [-0.39, 0.29) is 13.1 Å². The van der Waals surface area contributed by atoms with Gasteiger partial charge < -0.3 is 15.3 Å². The summed E-state index contributed by atoms with van der Waals surface area (Å²) >= 11 is 0. The van der Waals surface area contributed by atoms with Gasteiger partial charge in [0.25, 0.3) is 0 Å². The molecule has 3 N–H and O–H groups in total. The lowest BCUT2D eigenvalue weighted by molar-refractivity contribution is -0.137. The van der Waals surface area contributed by atoms with E-state index in [0.29, 0.717) is 25.7 Å².